The summed E-state index contributed by atoms with van der Waals surface area (Å²) in [5.41, 5.74) is 2.70. The molecule has 2 aromatic rings. The van der Waals surface area contributed by atoms with Gasteiger partial charge in [-0.15, -0.1) is 0 Å². The molecule has 0 aromatic heterocycles. The summed E-state index contributed by atoms with van der Waals surface area (Å²) in [7, 11) is 0. The molecule has 2 aromatic carbocycles. The summed E-state index contributed by atoms with van der Waals surface area (Å²) in [6, 6.07) is 15.1. The molecule has 2 aliphatic rings. The number of fused-ring (bicyclic) bond motifs is 1. The molecule has 27 heavy (non-hydrogen) atoms. The molecule has 1 fully saturated rings. The number of rotatable bonds is 2. The van der Waals surface area contributed by atoms with Gasteiger partial charge in [0.05, 0.1) is 6.10 Å². The van der Waals surface area contributed by atoms with E-state index in [1.807, 2.05) is 41.3 Å². The Hall–Kier alpha value is -2.37. The van der Waals surface area contributed by atoms with E-state index in [9.17, 15) is 15.0 Å². The van der Waals surface area contributed by atoms with Gasteiger partial charge in [0.2, 0.25) is 0 Å². The Balaban J connectivity index is 1.38. The largest absolute Gasteiger partial charge is 0.508 e. The van der Waals surface area contributed by atoms with E-state index in [4.69, 9.17) is 0 Å². The first kappa shape index (κ1) is 18.0. The summed E-state index contributed by atoms with van der Waals surface area (Å²) in [5.74, 6) is 0.356. The van der Waals surface area contributed by atoms with Crippen LogP contribution in [0.25, 0.3) is 0 Å². The van der Waals surface area contributed by atoms with Crippen LogP contribution >= 0.6 is 0 Å². The van der Waals surface area contributed by atoms with E-state index in [2.05, 4.69) is 4.90 Å². The number of aliphatic hydroxyl groups is 1. The topological polar surface area (TPSA) is 64.0 Å². The Morgan fingerprint density at radius 2 is 1.74 bits per heavy atom. The second-order valence-electron chi connectivity index (χ2n) is 7.53. The van der Waals surface area contributed by atoms with Crippen LogP contribution in [-0.2, 0) is 6.42 Å². The highest BCUT2D eigenvalue weighted by Gasteiger charge is 2.30. The van der Waals surface area contributed by atoms with Crippen molar-refractivity contribution in [1.29, 1.82) is 0 Å². The highest BCUT2D eigenvalue weighted by atomic mass is 16.3. The van der Waals surface area contributed by atoms with Crippen molar-refractivity contribution in [3.05, 3.63) is 65.2 Å². The fourth-order valence-corrected chi connectivity index (χ4v) is 4.34. The molecule has 2 heterocycles. The molecule has 0 spiro atoms. The molecule has 1 unspecified atom stereocenters. The fourth-order valence-electron chi connectivity index (χ4n) is 4.34. The first-order valence-corrected chi connectivity index (χ1v) is 9.70. The average Bonchev–Trinajstić information content (AvgIpc) is 2.87. The maximum absolute atomic E-state index is 12.6. The van der Waals surface area contributed by atoms with Crippen molar-refractivity contribution >= 4 is 5.91 Å². The van der Waals surface area contributed by atoms with Crippen molar-refractivity contribution in [3.8, 4) is 5.75 Å². The van der Waals surface area contributed by atoms with Gasteiger partial charge in [-0.3, -0.25) is 9.69 Å². The lowest BCUT2D eigenvalue weighted by Gasteiger charge is -2.38. The van der Waals surface area contributed by atoms with Gasteiger partial charge < -0.3 is 15.1 Å². The standard InChI is InChI=1S/C22H26N2O3/c25-19-6-7-20-17(14-19)8-11-24(15-21(20)26)18-9-12-23(13-10-18)22(27)16-4-2-1-3-5-16/h1-7,14,18,21,25-26H,8-13,15H2. The number of aromatic hydroxyl groups is 1. The number of likely N-dealkylation sites (tertiary alicyclic amines) is 1. The van der Waals surface area contributed by atoms with Crippen molar-refractivity contribution in [2.24, 2.45) is 0 Å². The number of carbonyl (C=O) groups excluding carboxylic acids is 1. The molecule has 1 saturated heterocycles. The van der Waals surface area contributed by atoms with Crippen LogP contribution < -0.4 is 0 Å². The highest BCUT2D eigenvalue weighted by Crippen LogP contribution is 2.29. The van der Waals surface area contributed by atoms with Crippen LogP contribution in [0.4, 0.5) is 0 Å². The molecule has 1 amide bonds. The van der Waals surface area contributed by atoms with Gasteiger partial charge >= 0.3 is 0 Å². The molecule has 2 aliphatic heterocycles. The first-order valence-electron chi connectivity index (χ1n) is 9.70. The predicted octanol–water partition coefficient (Wildman–Crippen LogP) is 2.59. The quantitative estimate of drug-likeness (QED) is 0.858. The minimum Gasteiger partial charge on any atom is -0.508 e. The Labute approximate surface area is 159 Å². The molecule has 142 valence electrons. The molecule has 0 bridgehead atoms. The second-order valence-corrected chi connectivity index (χ2v) is 7.53. The van der Waals surface area contributed by atoms with Crippen LogP contribution in [0.1, 0.15) is 40.4 Å². The third-order valence-corrected chi connectivity index (χ3v) is 5.85. The van der Waals surface area contributed by atoms with Gasteiger partial charge in [-0.1, -0.05) is 24.3 Å². The van der Waals surface area contributed by atoms with Crippen molar-refractivity contribution in [2.75, 3.05) is 26.2 Å². The van der Waals surface area contributed by atoms with Crippen LogP contribution in [0.2, 0.25) is 0 Å². The number of benzene rings is 2. The number of piperidine rings is 1. The normalized spacial score (nSPS) is 21.5. The zero-order chi connectivity index (χ0) is 18.8. The number of phenols is 1. The van der Waals surface area contributed by atoms with E-state index >= 15 is 0 Å². The number of hydrogen-bond donors (Lipinski definition) is 2. The summed E-state index contributed by atoms with van der Waals surface area (Å²) in [5, 5.41) is 20.4. The molecule has 5 nitrogen and oxygen atoms in total. The zero-order valence-corrected chi connectivity index (χ0v) is 15.4. The Morgan fingerprint density at radius 1 is 1.00 bits per heavy atom. The summed E-state index contributed by atoms with van der Waals surface area (Å²) in [6.45, 7) is 2.97. The molecule has 0 aliphatic carbocycles. The smallest absolute Gasteiger partial charge is 0.253 e. The third-order valence-electron chi connectivity index (χ3n) is 5.85. The SMILES string of the molecule is O=C(c1ccccc1)N1CCC(N2CCc3cc(O)ccc3C(O)C2)CC1. The van der Waals surface area contributed by atoms with E-state index in [0.29, 0.717) is 12.6 Å². The minimum atomic E-state index is -0.535. The molecule has 5 heteroatoms. The molecule has 0 radical (unpaired) electrons. The van der Waals surface area contributed by atoms with Gasteiger partial charge in [0, 0.05) is 37.8 Å². The fraction of sp³-hybridized carbons (Fsp3) is 0.409. The zero-order valence-electron chi connectivity index (χ0n) is 15.4. The van der Waals surface area contributed by atoms with Crippen molar-refractivity contribution in [1.82, 2.24) is 9.80 Å². The number of carbonyl (C=O) groups is 1. The number of aliphatic hydroxyl groups excluding tert-OH is 1. The van der Waals surface area contributed by atoms with Crippen LogP contribution in [0.15, 0.2) is 48.5 Å². The molecule has 1 atom stereocenters. The highest BCUT2D eigenvalue weighted by molar-refractivity contribution is 5.94. The summed E-state index contributed by atoms with van der Waals surface area (Å²) < 4.78 is 0. The summed E-state index contributed by atoms with van der Waals surface area (Å²) in [6.07, 6.45) is 2.14. The van der Waals surface area contributed by atoms with E-state index in [1.54, 1.807) is 12.1 Å². The van der Waals surface area contributed by atoms with Crippen molar-refractivity contribution < 1.29 is 15.0 Å². The van der Waals surface area contributed by atoms with E-state index < -0.39 is 6.10 Å². The van der Waals surface area contributed by atoms with Crippen LogP contribution in [0.5, 0.6) is 5.75 Å². The maximum Gasteiger partial charge on any atom is 0.253 e. The average molecular weight is 366 g/mol. The lowest BCUT2D eigenvalue weighted by atomic mass is 10.0. The lowest BCUT2D eigenvalue weighted by molar-refractivity contribution is 0.0500. The van der Waals surface area contributed by atoms with Gasteiger partial charge in [0.1, 0.15) is 5.75 Å². The van der Waals surface area contributed by atoms with Crippen LogP contribution in [0.3, 0.4) is 0 Å². The Morgan fingerprint density at radius 3 is 2.48 bits per heavy atom. The first-order chi connectivity index (χ1) is 13.1. The molecule has 2 N–H and O–H groups in total. The number of β-amino-alcohol motifs (C(OH)–C–C–N with tert-alkyl or cyclic N) is 1. The van der Waals surface area contributed by atoms with Crippen molar-refractivity contribution in [2.45, 2.75) is 31.4 Å². The van der Waals surface area contributed by atoms with E-state index in [0.717, 1.165) is 55.6 Å². The molecule has 4 rings (SSSR count). The molecular formula is C22H26N2O3. The Bertz CT molecular complexity index is 800. The molecule has 0 saturated carbocycles. The minimum absolute atomic E-state index is 0.104. The maximum atomic E-state index is 12.6. The van der Waals surface area contributed by atoms with E-state index in [-0.39, 0.29) is 11.7 Å². The summed E-state index contributed by atoms with van der Waals surface area (Å²) >= 11 is 0. The van der Waals surface area contributed by atoms with Gasteiger partial charge in [0.15, 0.2) is 0 Å². The van der Waals surface area contributed by atoms with Gasteiger partial charge in [-0.25, -0.2) is 0 Å². The third kappa shape index (κ3) is 3.84. The predicted molar refractivity (Wildman–Crippen MR) is 104 cm³/mol. The number of phenolic OH excluding ortho intramolecular Hbond substituents is 1. The van der Waals surface area contributed by atoms with Gasteiger partial charge in [0.25, 0.3) is 5.91 Å². The van der Waals surface area contributed by atoms with Gasteiger partial charge in [-0.2, -0.15) is 0 Å². The lowest BCUT2D eigenvalue weighted by Crippen LogP contribution is -2.47. The van der Waals surface area contributed by atoms with Crippen molar-refractivity contribution in [3.63, 3.8) is 0 Å². The molecular weight excluding hydrogens is 340 g/mol. The van der Waals surface area contributed by atoms with E-state index in [1.165, 1.54) is 0 Å². The summed E-state index contributed by atoms with van der Waals surface area (Å²) in [4.78, 5) is 16.9. The van der Waals surface area contributed by atoms with Crippen LogP contribution in [-0.4, -0.2) is 58.1 Å². The Kier molecular flexibility index (Phi) is 5.14. The number of hydrogen-bond acceptors (Lipinski definition) is 4. The van der Waals surface area contributed by atoms with Crippen LogP contribution in [0, 0.1) is 0 Å². The monoisotopic (exact) mass is 366 g/mol. The number of amides is 1. The second kappa shape index (κ2) is 7.71. The number of nitrogens with zero attached hydrogens (tertiary/aromatic N) is 2. The van der Waals surface area contributed by atoms with Gasteiger partial charge in [-0.05, 0) is 54.7 Å².